The number of pyridine rings is 1. The molecule has 0 aromatic carbocycles. The minimum atomic E-state index is 0.109. The van der Waals surface area contributed by atoms with Gasteiger partial charge in [0.1, 0.15) is 0 Å². The van der Waals surface area contributed by atoms with Gasteiger partial charge in [0.05, 0.1) is 6.04 Å². The molecule has 0 bridgehead atoms. The lowest BCUT2D eigenvalue weighted by molar-refractivity contribution is -0.122. The first kappa shape index (κ1) is 15.0. The standard InChI is InChI=1S/C16H25N3O/c1-2-15(14-7-9-17-10-8-14)18-16(20)6-5-13-19-11-3-4-12-19/h7-10,15H,2-6,11-13H2,1H3,(H,18,20)/t15-/m0/s1. The summed E-state index contributed by atoms with van der Waals surface area (Å²) in [6.07, 6.45) is 8.66. The van der Waals surface area contributed by atoms with Gasteiger partial charge in [-0.3, -0.25) is 9.78 Å². The van der Waals surface area contributed by atoms with E-state index in [2.05, 4.69) is 22.1 Å². The highest BCUT2D eigenvalue weighted by atomic mass is 16.1. The number of nitrogens with one attached hydrogen (secondary N) is 1. The summed E-state index contributed by atoms with van der Waals surface area (Å²) in [6.45, 7) is 5.56. The monoisotopic (exact) mass is 275 g/mol. The maximum atomic E-state index is 12.0. The minimum Gasteiger partial charge on any atom is -0.349 e. The highest BCUT2D eigenvalue weighted by molar-refractivity contribution is 5.76. The van der Waals surface area contributed by atoms with Crippen molar-refractivity contribution in [2.24, 2.45) is 0 Å². The van der Waals surface area contributed by atoms with E-state index in [9.17, 15) is 4.79 Å². The van der Waals surface area contributed by atoms with Gasteiger partial charge in [0.15, 0.2) is 0 Å². The van der Waals surface area contributed by atoms with Crippen LogP contribution in [0.5, 0.6) is 0 Å². The Morgan fingerprint density at radius 2 is 2.05 bits per heavy atom. The lowest BCUT2D eigenvalue weighted by Crippen LogP contribution is -2.29. The number of hydrogen-bond acceptors (Lipinski definition) is 3. The van der Waals surface area contributed by atoms with Gasteiger partial charge in [-0.15, -0.1) is 0 Å². The Bertz CT molecular complexity index is 401. The highest BCUT2D eigenvalue weighted by Gasteiger charge is 2.14. The second-order valence-corrected chi connectivity index (χ2v) is 5.46. The van der Waals surface area contributed by atoms with Crippen LogP contribution in [0, 0.1) is 0 Å². The van der Waals surface area contributed by atoms with Crippen LogP contribution in [0.25, 0.3) is 0 Å². The fraction of sp³-hybridized carbons (Fsp3) is 0.625. The first-order chi connectivity index (χ1) is 9.79. The molecule has 1 amide bonds. The predicted octanol–water partition coefficient (Wildman–Crippen LogP) is 2.52. The van der Waals surface area contributed by atoms with Gasteiger partial charge in [-0.25, -0.2) is 0 Å². The molecule has 1 aromatic heterocycles. The van der Waals surface area contributed by atoms with Crippen LogP contribution in [0.4, 0.5) is 0 Å². The van der Waals surface area contributed by atoms with Gasteiger partial charge >= 0.3 is 0 Å². The van der Waals surface area contributed by atoms with Gasteiger partial charge in [-0.2, -0.15) is 0 Å². The van der Waals surface area contributed by atoms with Gasteiger partial charge in [-0.05, 0) is 63.0 Å². The van der Waals surface area contributed by atoms with Crippen molar-refractivity contribution in [1.29, 1.82) is 0 Å². The molecule has 1 saturated heterocycles. The van der Waals surface area contributed by atoms with Crippen molar-refractivity contribution >= 4 is 5.91 Å². The van der Waals surface area contributed by atoms with E-state index in [0.29, 0.717) is 6.42 Å². The summed E-state index contributed by atoms with van der Waals surface area (Å²) in [4.78, 5) is 18.5. The van der Waals surface area contributed by atoms with Crippen LogP contribution in [0.15, 0.2) is 24.5 Å². The van der Waals surface area contributed by atoms with Crippen molar-refractivity contribution in [2.45, 2.75) is 45.1 Å². The number of carbonyl (C=O) groups excluding carboxylic acids is 1. The number of amides is 1. The summed E-state index contributed by atoms with van der Waals surface area (Å²) >= 11 is 0. The number of hydrogen-bond donors (Lipinski definition) is 1. The minimum absolute atomic E-state index is 0.109. The molecule has 0 saturated carbocycles. The number of rotatable bonds is 7. The molecule has 1 fully saturated rings. The zero-order chi connectivity index (χ0) is 14.2. The van der Waals surface area contributed by atoms with E-state index in [4.69, 9.17) is 0 Å². The zero-order valence-corrected chi connectivity index (χ0v) is 12.3. The normalized spacial score (nSPS) is 17.1. The quantitative estimate of drug-likeness (QED) is 0.831. The van der Waals surface area contributed by atoms with Crippen molar-refractivity contribution in [3.05, 3.63) is 30.1 Å². The molecule has 1 N–H and O–H groups in total. The Morgan fingerprint density at radius 3 is 2.70 bits per heavy atom. The molecule has 0 unspecified atom stereocenters. The number of nitrogens with zero attached hydrogens (tertiary/aromatic N) is 2. The maximum Gasteiger partial charge on any atom is 0.220 e. The molecule has 0 aliphatic carbocycles. The average Bonchev–Trinajstić information content (AvgIpc) is 2.99. The Morgan fingerprint density at radius 1 is 1.35 bits per heavy atom. The third-order valence-electron chi connectivity index (χ3n) is 3.93. The lowest BCUT2D eigenvalue weighted by Gasteiger charge is -2.18. The Balaban J connectivity index is 1.72. The number of carbonyl (C=O) groups is 1. The van der Waals surface area contributed by atoms with E-state index in [1.54, 1.807) is 12.4 Å². The second-order valence-electron chi connectivity index (χ2n) is 5.46. The topological polar surface area (TPSA) is 45.2 Å². The fourth-order valence-corrected chi connectivity index (χ4v) is 2.75. The van der Waals surface area contributed by atoms with E-state index in [1.807, 2.05) is 12.1 Å². The van der Waals surface area contributed by atoms with Crippen LogP contribution in [-0.2, 0) is 4.79 Å². The predicted molar refractivity (Wildman–Crippen MR) is 80.3 cm³/mol. The highest BCUT2D eigenvalue weighted by Crippen LogP contribution is 2.15. The Hall–Kier alpha value is -1.42. The van der Waals surface area contributed by atoms with Gasteiger partial charge in [0.25, 0.3) is 0 Å². The summed E-state index contributed by atoms with van der Waals surface area (Å²) in [6, 6.07) is 4.05. The molecule has 0 spiro atoms. The van der Waals surface area contributed by atoms with Crippen molar-refractivity contribution in [3.8, 4) is 0 Å². The number of likely N-dealkylation sites (tertiary alicyclic amines) is 1. The largest absolute Gasteiger partial charge is 0.349 e. The molecule has 1 atom stereocenters. The van der Waals surface area contributed by atoms with Gasteiger partial charge in [0.2, 0.25) is 5.91 Å². The molecule has 2 rings (SSSR count). The summed E-state index contributed by atoms with van der Waals surface area (Å²) in [5, 5.41) is 3.12. The Kier molecular flexibility index (Phi) is 5.99. The Labute approximate surface area is 121 Å². The van der Waals surface area contributed by atoms with Crippen LogP contribution in [0.3, 0.4) is 0 Å². The molecule has 1 aliphatic rings. The fourth-order valence-electron chi connectivity index (χ4n) is 2.75. The summed E-state index contributed by atoms with van der Waals surface area (Å²) in [5.74, 6) is 0.160. The van der Waals surface area contributed by atoms with Gasteiger partial charge in [-0.1, -0.05) is 6.92 Å². The molecular weight excluding hydrogens is 250 g/mol. The van der Waals surface area contributed by atoms with Gasteiger partial charge < -0.3 is 10.2 Å². The molecule has 2 heterocycles. The second kappa shape index (κ2) is 8.00. The van der Waals surface area contributed by atoms with Crippen molar-refractivity contribution in [1.82, 2.24) is 15.2 Å². The third-order valence-corrected chi connectivity index (χ3v) is 3.93. The first-order valence-electron chi connectivity index (χ1n) is 7.71. The van der Waals surface area contributed by atoms with Crippen LogP contribution >= 0.6 is 0 Å². The lowest BCUT2D eigenvalue weighted by atomic mass is 10.1. The third kappa shape index (κ3) is 4.60. The number of aromatic nitrogens is 1. The van der Waals surface area contributed by atoms with E-state index in [-0.39, 0.29) is 11.9 Å². The van der Waals surface area contributed by atoms with Crippen molar-refractivity contribution in [3.63, 3.8) is 0 Å². The van der Waals surface area contributed by atoms with Crippen LogP contribution < -0.4 is 5.32 Å². The zero-order valence-electron chi connectivity index (χ0n) is 12.3. The molecule has 4 nitrogen and oxygen atoms in total. The van der Waals surface area contributed by atoms with Crippen LogP contribution in [0.2, 0.25) is 0 Å². The van der Waals surface area contributed by atoms with Crippen molar-refractivity contribution in [2.75, 3.05) is 19.6 Å². The molecule has 1 aromatic rings. The van der Waals surface area contributed by atoms with E-state index < -0.39 is 0 Å². The average molecular weight is 275 g/mol. The molecule has 0 radical (unpaired) electrons. The van der Waals surface area contributed by atoms with E-state index >= 15 is 0 Å². The van der Waals surface area contributed by atoms with Gasteiger partial charge in [0, 0.05) is 18.8 Å². The molecule has 4 heteroatoms. The molecular formula is C16H25N3O. The van der Waals surface area contributed by atoms with E-state index in [0.717, 1.165) is 24.9 Å². The maximum absolute atomic E-state index is 12.0. The summed E-state index contributed by atoms with van der Waals surface area (Å²) in [5.41, 5.74) is 1.13. The first-order valence-corrected chi connectivity index (χ1v) is 7.71. The summed E-state index contributed by atoms with van der Waals surface area (Å²) < 4.78 is 0. The van der Waals surface area contributed by atoms with Crippen LogP contribution in [0.1, 0.15) is 50.6 Å². The van der Waals surface area contributed by atoms with Crippen molar-refractivity contribution < 1.29 is 4.79 Å². The smallest absolute Gasteiger partial charge is 0.220 e. The van der Waals surface area contributed by atoms with Crippen LogP contribution in [-0.4, -0.2) is 35.4 Å². The molecule has 1 aliphatic heterocycles. The molecule has 110 valence electrons. The molecule has 20 heavy (non-hydrogen) atoms. The van der Waals surface area contributed by atoms with E-state index in [1.165, 1.54) is 25.9 Å². The summed E-state index contributed by atoms with van der Waals surface area (Å²) in [7, 11) is 0. The SMILES string of the molecule is CC[C@H](NC(=O)CCCN1CCCC1)c1ccncc1.